The van der Waals surface area contributed by atoms with Crippen molar-refractivity contribution >= 4 is 17.7 Å². The van der Waals surface area contributed by atoms with E-state index in [2.05, 4.69) is 15.6 Å². The molecule has 1 aromatic heterocycles. The number of benzene rings is 1. The SMILES string of the molecule is C[C@H](NC(=O)Cc1cc(F)cc(F)c1)C(=O)NC(C(N)=O)c1ccccn1. The van der Waals surface area contributed by atoms with Gasteiger partial charge in [0.1, 0.15) is 17.7 Å². The average molecular weight is 376 g/mol. The van der Waals surface area contributed by atoms with Crippen LogP contribution >= 0.6 is 0 Å². The number of halogens is 2. The largest absolute Gasteiger partial charge is 0.368 e. The molecule has 0 aliphatic carbocycles. The van der Waals surface area contributed by atoms with E-state index in [-0.39, 0.29) is 17.7 Å². The topological polar surface area (TPSA) is 114 Å². The molecule has 27 heavy (non-hydrogen) atoms. The molecular weight excluding hydrogens is 358 g/mol. The van der Waals surface area contributed by atoms with Crippen LogP contribution in [0.2, 0.25) is 0 Å². The number of hydrogen-bond donors (Lipinski definition) is 3. The molecule has 0 fully saturated rings. The molecule has 9 heteroatoms. The highest BCUT2D eigenvalue weighted by atomic mass is 19.1. The van der Waals surface area contributed by atoms with Crippen LogP contribution in [0.5, 0.6) is 0 Å². The number of hydrogen-bond acceptors (Lipinski definition) is 4. The fourth-order valence-corrected chi connectivity index (χ4v) is 2.36. The highest BCUT2D eigenvalue weighted by Gasteiger charge is 2.25. The Balaban J connectivity index is 1.97. The molecule has 0 saturated heterocycles. The van der Waals surface area contributed by atoms with Gasteiger partial charge in [0, 0.05) is 12.3 Å². The first kappa shape index (κ1) is 20.0. The van der Waals surface area contributed by atoms with Crippen LogP contribution in [0.25, 0.3) is 0 Å². The van der Waals surface area contributed by atoms with Crippen molar-refractivity contribution < 1.29 is 23.2 Å². The van der Waals surface area contributed by atoms with Gasteiger partial charge >= 0.3 is 0 Å². The lowest BCUT2D eigenvalue weighted by atomic mass is 10.1. The highest BCUT2D eigenvalue weighted by molar-refractivity contribution is 5.92. The maximum Gasteiger partial charge on any atom is 0.246 e. The van der Waals surface area contributed by atoms with E-state index in [1.54, 1.807) is 12.1 Å². The maximum atomic E-state index is 13.2. The predicted molar refractivity (Wildman–Crippen MR) is 92.0 cm³/mol. The highest BCUT2D eigenvalue weighted by Crippen LogP contribution is 2.10. The number of carbonyl (C=O) groups is 3. The number of rotatable bonds is 7. The summed E-state index contributed by atoms with van der Waals surface area (Å²) in [6.07, 6.45) is 1.13. The number of nitrogens with two attached hydrogens (primary N) is 1. The van der Waals surface area contributed by atoms with Gasteiger partial charge in [0.2, 0.25) is 17.7 Å². The third-order valence-electron chi connectivity index (χ3n) is 3.61. The van der Waals surface area contributed by atoms with E-state index >= 15 is 0 Å². The number of nitrogens with zero attached hydrogens (tertiary/aromatic N) is 1. The van der Waals surface area contributed by atoms with Crippen LogP contribution in [0.4, 0.5) is 8.78 Å². The normalized spacial score (nSPS) is 12.7. The number of amides is 3. The summed E-state index contributed by atoms with van der Waals surface area (Å²) in [5.74, 6) is -3.69. The number of carbonyl (C=O) groups excluding carboxylic acids is 3. The van der Waals surface area contributed by atoms with Gasteiger partial charge in [-0.05, 0) is 36.8 Å². The van der Waals surface area contributed by atoms with Crippen molar-refractivity contribution in [1.29, 1.82) is 0 Å². The summed E-state index contributed by atoms with van der Waals surface area (Å²) in [6.45, 7) is 1.40. The zero-order valence-electron chi connectivity index (χ0n) is 14.4. The Labute approximate surface area is 154 Å². The lowest BCUT2D eigenvalue weighted by Crippen LogP contribution is -2.48. The molecule has 2 rings (SSSR count). The maximum absolute atomic E-state index is 13.2. The second-order valence-electron chi connectivity index (χ2n) is 5.84. The molecule has 0 aliphatic rings. The van der Waals surface area contributed by atoms with E-state index in [0.717, 1.165) is 12.1 Å². The molecule has 3 amide bonds. The molecule has 0 radical (unpaired) electrons. The van der Waals surface area contributed by atoms with Gasteiger partial charge in [-0.1, -0.05) is 6.07 Å². The summed E-state index contributed by atoms with van der Waals surface area (Å²) in [5, 5.41) is 4.80. The van der Waals surface area contributed by atoms with Crippen molar-refractivity contribution in [2.75, 3.05) is 0 Å². The second kappa shape index (κ2) is 8.84. The van der Waals surface area contributed by atoms with E-state index in [9.17, 15) is 23.2 Å². The molecule has 142 valence electrons. The Hall–Kier alpha value is -3.36. The molecule has 1 heterocycles. The van der Waals surface area contributed by atoms with E-state index in [0.29, 0.717) is 6.07 Å². The summed E-state index contributed by atoms with van der Waals surface area (Å²) in [5.41, 5.74) is 5.68. The quantitative estimate of drug-likeness (QED) is 0.662. The third-order valence-corrected chi connectivity index (χ3v) is 3.61. The number of nitrogens with one attached hydrogen (secondary N) is 2. The number of aromatic nitrogens is 1. The molecular formula is C18H18F2N4O3. The summed E-state index contributed by atoms with van der Waals surface area (Å²) in [4.78, 5) is 39.8. The Morgan fingerprint density at radius 2 is 1.78 bits per heavy atom. The Morgan fingerprint density at radius 1 is 1.11 bits per heavy atom. The first-order valence-electron chi connectivity index (χ1n) is 8.01. The summed E-state index contributed by atoms with van der Waals surface area (Å²) in [6, 6.07) is 5.37. The zero-order chi connectivity index (χ0) is 20.0. The summed E-state index contributed by atoms with van der Waals surface area (Å²) in [7, 11) is 0. The van der Waals surface area contributed by atoms with Crippen molar-refractivity contribution in [3.05, 3.63) is 65.5 Å². The van der Waals surface area contributed by atoms with Crippen LogP contribution < -0.4 is 16.4 Å². The molecule has 2 atom stereocenters. The Morgan fingerprint density at radius 3 is 2.33 bits per heavy atom. The minimum absolute atomic E-state index is 0.126. The third kappa shape index (κ3) is 5.84. The lowest BCUT2D eigenvalue weighted by molar-refractivity contribution is -0.131. The van der Waals surface area contributed by atoms with Gasteiger partial charge in [-0.25, -0.2) is 8.78 Å². The van der Waals surface area contributed by atoms with Crippen molar-refractivity contribution in [2.45, 2.75) is 25.4 Å². The summed E-state index contributed by atoms with van der Waals surface area (Å²) >= 11 is 0. The molecule has 0 aliphatic heterocycles. The minimum atomic E-state index is -1.16. The first-order valence-corrected chi connectivity index (χ1v) is 8.01. The fourth-order valence-electron chi connectivity index (χ4n) is 2.36. The Kier molecular flexibility index (Phi) is 6.53. The molecule has 4 N–H and O–H groups in total. The molecule has 7 nitrogen and oxygen atoms in total. The first-order chi connectivity index (χ1) is 12.8. The van der Waals surface area contributed by atoms with E-state index in [1.165, 1.54) is 19.2 Å². The van der Waals surface area contributed by atoms with E-state index < -0.39 is 41.4 Å². The smallest absolute Gasteiger partial charge is 0.246 e. The molecule has 1 unspecified atom stereocenters. The number of pyridine rings is 1. The van der Waals surface area contributed by atoms with Gasteiger partial charge in [-0.2, -0.15) is 0 Å². The second-order valence-corrected chi connectivity index (χ2v) is 5.84. The fraction of sp³-hybridized carbons (Fsp3) is 0.222. The van der Waals surface area contributed by atoms with Crippen LogP contribution in [0.15, 0.2) is 42.6 Å². The predicted octanol–water partition coefficient (Wildman–Crippen LogP) is 0.750. The Bertz CT molecular complexity index is 826. The van der Waals surface area contributed by atoms with Crippen LogP contribution in [0, 0.1) is 11.6 Å². The van der Waals surface area contributed by atoms with Crippen LogP contribution in [0.1, 0.15) is 24.2 Å². The van der Waals surface area contributed by atoms with E-state index in [4.69, 9.17) is 5.73 Å². The molecule has 0 saturated carbocycles. The van der Waals surface area contributed by atoms with Crippen molar-refractivity contribution in [1.82, 2.24) is 15.6 Å². The average Bonchev–Trinajstić information content (AvgIpc) is 2.58. The van der Waals surface area contributed by atoms with Crippen LogP contribution in [-0.4, -0.2) is 28.7 Å². The lowest BCUT2D eigenvalue weighted by Gasteiger charge is -2.19. The number of primary amides is 1. The van der Waals surface area contributed by atoms with Crippen molar-refractivity contribution in [3.8, 4) is 0 Å². The van der Waals surface area contributed by atoms with Gasteiger partial charge in [-0.15, -0.1) is 0 Å². The zero-order valence-corrected chi connectivity index (χ0v) is 14.4. The molecule has 0 bridgehead atoms. The van der Waals surface area contributed by atoms with Crippen LogP contribution in [-0.2, 0) is 20.8 Å². The van der Waals surface area contributed by atoms with Gasteiger partial charge in [0.25, 0.3) is 0 Å². The van der Waals surface area contributed by atoms with Crippen molar-refractivity contribution in [3.63, 3.8) is 0 Å². The minimum Gasteiger partial charge on any atom is -0.368 e. The van der Waals surface area contributed by atoms with Gasteiger partial charge in [0.05, 0.1) is 12.1 Å². The van der Waals surface area contributed by atoms with Gasteiger partial charge in [-0.3, -0.25) is 19.4 Å². The van der Waals surface area contributed by atoms with Gasteiger partial charge in [0.15, 0.2) is 6.04 Å². The molecule has 2 aromatic rings. The standard InChI is InChI=1S/C18H18F2N4O3/c1-10(23-15(25)8-11-6-12(19)9-13(20)7-11)18(27)24-16(17(21)26)14-4-2-3-5-22-14/h2-7,9-10,16H,8H2,1H3,(H2,21,26)(H,23,25)(H,24,27)/t10-,16?/m0/s1. The summed E-state index contributed by atoms with van der Waals surface area (Å²) < 4.78 is 26.3. The molecule has 0 spiro atoms. The van der Waals surface area contributed by atoms with Crippen molar-refractivity contribution in [2.24, 2.45) is 5.73 Å². The van der Waals surface area contributed by atoms with E-state index in [1.807, 2.05) is 0 Å². The van der Waals surface area contributed by atoms with Crippen LogP contribution in [0.3, 0.4) is 0 Å². The van der Waals surface area contributed by atoms with Gasteiger partial charge < -0.3 is 16.4 Å². The molecule has 1 aromatic carbocycles. The monoisotopic (exact) mass is 376 g/mol.